The Hall–Kier alpha value is -2.55. The molecule has 0 spiro atoms. The summed E-state index contributed by atoms with van der Waals surface area (Å²) in [6.45, 7) is 3.68. The minimum Gasteiger partial charge on any atom is -0.465 e. The highest BCUT2D eigenvalue weighted by Gasteiger charge is 2.17. The van der Waals surface area contributed by atoms with E-state index in [9.17, 15) is 4.79 Å². The molecular weight excluding hydrogens is 252 g/mol. The maximum Gasteiger partial charge on any atom is 0.347 e. The van der Waals surface area contributed by atoms with Crippen molar-refractivity contribution in [2.75, 3.05) is 0 Å². The van der Waals surface area contributed by atoms with Gasteiger partial charge in [0.1, 0.15) is 22.5 Å². The third-order valence-electron chi connectivity index (χ3n) is 3.81. The monoisotopic (exact) mass is 264 g/mol. The molecule has 0 unspecified atom stereocenters. The molecule has 0 amide bonds. The van der Waals surface area contributed by atoms with Gasteiger partial charge in [-0.15, -0.1) is 0 Å². The molecule has 0 bridgehead atoms. The van der Waals surface area contributed by atoms with Crippen LogP contribution in [-0.4, -0.2) is 0 Å². The molecule has 0 N–H and O–H groups in total. The van der Waals surface area contributed by atoms with E-state index in [1.54, 1.807) is 6.92 Å². The van der Waals surface area contributed by atoms with Crippen LogP contribution in [0.2, 0.25) is 0 Å². The average molecular weight is 264 g/mol. The van der Waals surface area contributed by atoms with Gasteiger partial charge in [0.25, 0.3) is 0 Å². The van der Waals surface area contributed by atoms with Gasteiger partial charge in [-0.25, -0.2) is 4.79 Å². The smallest absolute Gasteiger partial charge is 0.347 e. The van der Waals surface area contributed by atoms with E-state index in [2.05, 4.69) is 0 Å². The van der Waals surface area contributed by atoms with E-state index in [-0.39, 0.29) is 5.63 Å². The molecule has 0 saturated heterocycles. The Balaban J connectivity index is 2.45. The Morgan fingerprint density at radius 1 is 0.800 bits per heavy atom. The fourth-order valence-corrected chi connectivity index (χ4v) is 2.98. The van der Waals surface area contributed by atoms with Crippen LogP contribution in [-0.2, 0) is 0 Å². The first-order valence-electron chi connectivity index (χ1n) is 6.51. The lowest BCUT2D eigenvalue weighted by molar-refractivity contribution is 0.508. The number of fused-ring (bicyclic) bond motifs is 5. The van der Waals surface area contributed by atoms with Gasteiger partial charge in [-0.1, -0.05) is 30.3 Å². The van der Waals surface area contributed by atoms with Crippen molar-refractivity contribution in [2.24, 2.45) is 0 Å². The minimum absolute atomic E-state index is 0.336. The summed E-state index contributed by atoms with van der Waals surface area (Å²) in [5, 5.41) is 4.56. The Kier molecular flexibility index (Phi) is 2.11. The van der Waals surface area contributed by atoms with Gasteiger partial charge in [-0.05, 0) is 30.7 Å². The maximum absolute atomic E-state index is 12.1. The summed E-state index contributed by atoms with van der Waals surface area (Å²) in [5.74, 6) is 1.37. The van der Waals surface area contributed by atoms with E-state index in [4.69, 9.17) is 8.83 Å². The second-order valence-electron chi connectivity index (χ2n) is 5.01. The normalized spacial score (nSPS) is 11.7. The van der Waals surface area contributed by atoms with Gasteiger partial charge < -0.3 is 8.83 Å². The van der Waals surface area contributed by atoms with Crippen molar-refractivity contribution in [3.63, 3.8) is 0 Å². The average Bonchev–Trinajstić information content (AvgIpc) is 2.74. The summed E-state index contributed by atoms with van der Waals surface area (Å²) >= 11 is 0. The van der Waals surface area contributed by atoms with E-state index in [0.29, 0.717) is 16.7 Å². The van der Waals surface area contributed by atoms with Gasteiger partial charge in [-0.3, -0.25) is 0 Å². The van der Waals surface area contributed by atoms with E-state index in [0.717, 1.165) is 27.3 Å². The zero-order valence-corrected chi connectivity index (χ0v) is 11.2. The number of benzene rings is 2. The summed E-state index contributed by atoms with van der Waals surface area (Å²) in [7, 11) is 0. The van der Waals surface area contributed by atoms with Gasteiger partial charge in [0.2, 0.25) is 0 Å². The van der Waals surface area contributed by atoms with E-state index in [1.807, 2.05) is 43.3 Å². The zero-order chi connectivity index (χ0) is 13.9. The molecule has 3 heteroatoms. The van der Waals surface area contributed by atoms with Gasteiger partial charge >= 0.3 is 5.63 Å². The molecule has 0 radical (unpaired) electrons. The predicted octanol–water partition coefficient (Wildman–Crippen LogP) is 4.31. The molecule has 0 fully saturated rings. The third kappa shape index (κ3) is 1.32. The van der Waals surface area contributed by atoms with Crippen molar-refractivity contribution in [1.82, 2.24) is 0 Å². The molecular formula is C17H12O3. The standard InChI is InChI=1S/C17H12O3/c1-9-14-15(10(2)19-9)17(18)20-13-8-7-11-5-3-4-6-12(11)16(13)14/h3-8H,1-2H3. The van der Waals surface area contributed by atoms with Crippen LogP contribution in [0.1, 0.15) is 11.5 Å². The Morgan fingerprint density at radius 2 is 1.55 bits per heavy atom. The number of hydrogen-bond donors (Lipinski definition) is 0. The van der Waals surface area contributed by atoms with Gasteiger partial charge in [0, 0.05) is 10.8 Å². The first kappa shape index (κ1) is 11.3. The molecule has 4 aromatic rings. The molecule has 4 rings (SSSR count). The first-order chi connectivity index (χ1) is 9.66. The molecule has 0 atom stereocenters. The lowest BCUT2D eigenvalue weighted by atomic mass is 10.0. The highest BCUT2D eigenvalue weighted by atomic mass is 16.4. The van der Waals surface area contributed by atoms with Crippen molar-refractivity contribution in [3.05, 3.63) is 58.3 Å². The molecule has 0 aliphatic rings. The maximum atomic E-state index is 12.1. The number of rotatable bonds is 0. The van der Waals surface area contributed by atoms with Crippen LogP contribution in [0.4, 0.5) is 0 Å². The summed E-state index contributed by atoms with van der Waals surface area (Å²) in [6.07, 6.45) is 0. The second-order valence-corrected chi connectivity index (χ2v) is 5.01. The molecule has 3 nitrogen and oxygen atoms in total. The van der Waals surface area contributed by atoms with E-state index in [1.165, 1.54) is 0 Å². The SMILES string of the molecule is Cc1oc(C)c2c1c(=O)oc1ccc3ccccc3c12. The topological polar surface area (TPSA) is 43.4 Å². The summed E-state index contributed by atoms with van der Waals surface area (Å²) in [6, 6.07) is 11.9. The van der Waals surface area contributed by atoms with Crippen LogP contribution in [0.3, 0.4) is 0 Å². The lowest BCUT2D eigenvalue weighted by Gasteiger charge is -2.04. The quantitative estimate of drug-likeness (QED) is 0.351. The summed E-state index contributed by atoms with van der Waals surface area (Å²) in [5.41, 5.74) is 0.266. The van der Waals surface area contributed by atoms with Gasteiger partial charge in [0.15, 0.2) is 0 Å². The largest absolute Gasteiger partial charge is 0.465 e. The highest BCUT2D eigenvalue weighted by molar-refractivity contribution is 6.19. The van der Waals surface area contributed by atoms with E-state index < -0.39 is 0 Å². The number of hydrogen-bond acceptors (Lipinski definition) is 3. The molecule has 2 aromatic carbocycles. The van der Waals surface area contributed by atoms with Crippen molar-refractivity contribution >= 4 is 32.5 Å². The minimum atomic E-state index is -0.336. The fourth-order valence-electron chi connectivity index (χ4n) is 2.98. The second kappa shape index (κ2) is 3.73. The summed E-state index contributed by atoms with van der Waals surface area (Å²) < 4.78 is 11.1. The molecule has 2 aromatic heterocycles. The van der Waals surface area contributed by atoms with Crippen LogP contribution < -0.4 is 5.63 Å². The molecule has 0 aliphatic carbocycles. The van der Waals surface area contributed by atoms with Crippen molar-refractivity contribution in [1.29, 1.82) is 0 Å². The molecule has 98 valence electrons. The lowest BCUT2D eigenvalue weighted by Crippen LogP contribution is -1.99. The van der Waals surface area contributed by atoms with Crippen LogP contribution >= 0.6 is 0 Å². The van der Waals surface area contributed by atoms with Crippen LogP contribution in [0.25, 0.3) is 32.5 Å². The molecule has 0 saturated carbocycles. The Labute approximate surface area is 114 Å². The van der Waals surface area contributed by atoms with Gasteiger partial charge in [0.05, 0.1) is 0 Å². The Morgan fingerprint density at radius 3 is 2.40 bits per heavy atom. The van der Waals surface area contributed by atoms with Crippen LogP contribution in [0.5, 0.6) is 0 Å². The molecule has 20 heavy (non-hydrogen) atoms. The zero-order valence-electron chi connectivity index (χ0n) is 11.2. The number of furan rings is 1. The predicted molar refractivity (Wildman–Crippen MR) is 79.2 cm³/mol. The van der Waals surface area contributed by atoms with E-state index >= 15 is 0 Å². The van der Waals surface area contributed by atoms with Crippen LogP contribution in [0, 0.1) is 13.8 Å². The van der Waals surface area contributed by atoms with Gasteiger partial charge in [-0.2, -0.15) is 0 Å². The van der Waals surface area contributed by atoms with Crippen LogP contribution in [0.15, 0.2) is 50.0 Å². The Bertz CT molecular complexity index is 1030. The molecule has 0 aliphatic heterocycles. The third-order valence-corrected chi connectivity index (χ3v) is 3.81. The fraction of sp³-hybridized carbons (Fsp3) is 0.118. The summed E-state index contributed by atoms with van der Waals surface area (Å²) in [4.78, 5) is 12.1. The van der Waals surface area contributed by atoms with Crippen molar-refractivity contribution in [2.45, 2.75) is 13.8 Å². The number of aryl methyl sites for hydroxylation is 2. The highest BCUT2D eigenvalue weighted by Crippen LogP contribution is 2.34. The first-order valence-corrected chi connectivity index (χ1v) is 6.51. The van der Waals surface area contributed by atoms with Crippen molar-refractivity contribution in [3.8, 4) is 0 Å². The molecule has 2 heterocycles. The van der Waals surface area contributed by atoms with Crippen molar-refractivity contribution < 1.29 is 8.83 Å².